The molecule has 7 nitrogen and oxygen atoms in total. The minimum absolute atomic E-state index is 0.0589. The molecule has 0 saturated heterocycles. The van der Waals surface area contributed by atoms with Crippen molar-refractivity contribution in [1.29, 1.82) is 0 Å². The largest absolute Gasteiger partial charge is 0.384 e. The van der Waals surface area contributed by atoms with Crippen LogP contribution in [0.25, 0.3) is 0 Å². The number of nitrogens with two attached hydrogens (primary N) is 1. The lowest BCUT2D eigenvalue weighted by molar-refractivity contribution is -0.384. The minimum Gasteiger partial charge on any atom is -0.384 e. The summed E-state index contributed by atoms with van der Waals surface area (Å²) in [4.78, 5) is 26.5. The molecule has 0 saturated carbocycles. The van der Waals surface area contributed by atoms with E-state index in [2.05, 4.69) is 5.16 Å². The number of rotatable bonds is 5. The second-order valence-corrected chi connectivity index (χ2v) is 5.50. The molecule has 0 atom stereocenters. The molecule has 0 aromatic heterocycles. The summed E-state index contributed by atoms with van der Waals surface area (Å²) in [5.41, 5.74) is 6.43. The molecule has 0 amide bonds. The highest BCUT2D eigenvalue weighted by atomic mass is 35.5. The van der Waals surface area contributed by atoms with Gasteiger partial charge in [0.05, 0.1) is 20.5 Å². The summed E-state index contributed by atoms with van der Waals surface area (Å²) in [7, 11) is 0. The van der Waals surface area contributed by atoms with E-state index in [0.29, 0.717) is 10.0 Å². The zero-order valence-electron chi connectivity index (χ0n) is 12.1. The van der Waals surface area contributed by atoms with Gasteiger partial charge in [-0.2, -0.15) is 0 Å². The molecule has 0 spiro atoms. The smallest absolute Gasteiger partial charge is 0.365 e. The van der Waals surface area contributed by atoms with Gasteiger partial charge in [0.1, 0.15) is 5.84 Å². The van der Waals surface area contributed by atoms with Crippen molar-refractivity contribution in [3.8, 4) is 0 Å². The van der Waals surface area contributed by atoms with E-state index in [4.69, 9.17) is 33.8 Å². The third kappa shape index (κ3) is 4.68. The molecule has 0 aliphatic carbocycles. The fourth-order valence-corrected chi connectivity index (χ4v) is 2.08. The van der Waals surface area contributed by atoms with Gasteiger partial charge in [-0.3, -0.25) is 10.1 Å². The zero-order chi connectivity index (χ0) is 17.7. The summed E-state index contributed by atoms with van der Waals surface area (Å²) in [6.45, 7) is 0. The van der Waals surface area contributed by atoms with Gasteiger partial charge < -0.3 is 10.6 Å². The molecule has 24 heavy (non-hydrogen) atoms. The Morgan fingerprint density at radius 2 is 1.83 bits per heavy atom. The van der Waals surface area contributed by atoms with Crippen molar-refractivity contribution >= 4 is 40.7 Å². The number of halogens is 2. The van der Waals surface area contributed by atoms with Gasteiger partial charge >= 0.3 is 5.97 Å². The van der Waals surface area contributed by atoms with E-state index < -0.39 is 10.9 Å². The Morgan fingerprint density at radius 1 is 1.17 bits per heavy atom. The Morgan fingerprint density at radius 3 is 2.42 bits per heavy atom. The maximum absolute atomic E-state index is 11.8. The molecule has 0 aliphatic heterocycles. The van der Waals surface area contributed by atoms with Crippen molar-refractivity contribution in [3.63, 3.8) is 0 Å². The van der Waals surface area contributed by atoms with E-state index >= 15 is 0 Å². The van der Waals surface area contributed by atoms with Gasteiger partial charge in [-0.05, 0) is 29.8 Å². The second kappa shape index (κ2) is 7.76. The van der Waals surface area contributed by atoms with Crippen molar-refractivity contribution < 1.29 is 14.6 Å². The number of non-ortho nitro benzene ring substituents is 1. The Hall–Kier alpha value is -2.64. The molecular weight excluding hydrogens is 357 g/mol. The molecule has 124 valence electrons. The molecular formula is C15H11Cl2N3O4. The van der Waals surface area contributed by atoms with Gasteiger partial charge in [-0.15, -0.1) is 0 Å². The first-order chi connectivity index (χ1) is 11.4. The Balaban J connectivity index is 1.99. The lowest BCUT2D eigenvalue weighted by Gasteiger charge is -2.03. The van der Waals surface area contributed by atoms with Crippen molar-refractivity contribution in [3.05, 3.63) is 73.8 Å². The highest BCUT2D eigenvalue weighted by molar-refractivity contribution is 6.42. The predicted octanol–water partition coefficient (Wildman–Crippen LogP) is 3.57. The molecule has 0 bridgehead atoms. The topological polar surface area (TPSA) is 108 Å². The molecule has 0 heterocycles. The first kappa shape index (κ1) is 17.7. The number of nitro benzene ring substituents is 1. The van der Waals surface area contributed by atoms with Crippen LogP contribution in [0.15, 0.2) is 47.6 Å². The van der Waals surface area contributed by atoms with Crippen LogP contribution < -0.4 is 5.73 Å². The normalized spacial score (nSPS) is 11.2. The molecule has 0 unspecified atom stereocenters. The predicted molar refractivity (Wildman–Crippen MR) is 90.3 cm³/mol. The number of hydrogen-bond donors (Lipinski definition) is 1. The van der Waals surface area contributed by atoms with Gasteiger partial charge in [0.25, 0.3) is 5.69 Å². The number of hydrogen-bond acceptors (Lipinski definition) is 5. The molecule has 0 radical (unpaired) electrons. The van der Waals surface area contributed by atoms with Crippen LogP contribution in [0.4, 0.5) is 5.69 Å². The maximum Gasteiger partial charge on any atom is 0.365 e. The number of nitrogens with zero attached hydrogens (tertiary/aromatic N) is 2. The first-order valence-electron chi connectivity index (χ1n) is 6.59. The van der Waals surface area contributed by atoms with Crippen LogP contribution in [0.2, 0.25) is 10.0 Å². The molecule has 2 aromatic rings. The van der Waals surface area contributed by atoms with Crippen molar-refractivity contribution in [2.75, 3.05) is 0 Å². The summed E-state index contributed by atoms with van der Waals surface area (Å²) in [6, 6.07) is 9.89. The van der Waals surface area contributed by atoms with Crippen LogP contribution in [0.5, 0.6) is 0 Å². The highest BCUT2D eigenvalue weighted by Gasteiger charge is 2.11. The molecule has 0 aliphatic rings. The Bertz CT molecular complexity index is 807. The summed E-state index contributed by atoms with van der Waals surface area (Å²) in [6.07, 6.45) is 0.213. The summed E-state index contributed by atoms with van der Waals surface area (Å²) in [5.74, 6) is -0.717. The van der Waals surface area contributed by atoms with Crippen LogP contribution in [0.3, 0.4) is 0 Å². The lowest BCUT2D eigenvalue weighted by Crippen LogP contribution is -2.16. The van der Waals surface area contributed by atoms with E-state index in [0.717, 1.165) is 5.56 Å². The summed E-state index contributed by atoms with van der Waals surface area (Å²) >= 11 is 11.7. The third-order valence-electron chi connectivity index (χ3n) is 2.93. The molecule has 2 N–H and O–H groups in total. The minimum atomic E-state index is -0.776. The first-order valence-corrected chi connectivity index (χ1v) is 7.34. The highest BCUT2D eigenvalue weighted by Crippen LogP contribution is 2.22. The average Bonchev–Trinajstić information content (AvgIpc) is 2.56. The standard InChI is InChI=1S/C15H11Cl2N3O4/c16-12-6-1-9(7-13(12)17)8-14(18)19-24-15(21)10-2-4-11(5-3-10)20(22)23/h1-7H,8H2,(H2,18,19). The fraction of sp³-hybridized carbons (Fsp3) is 0.0667. The monoisotopic (exact) mass is 367 g/mol. The quantitative estimate of drug-likeness (QED) is 0.285. The second-order valence-electron chi connectivity index (χ2n) is 4.69. The van der Waals surface area contributed by atoms with Gasteiger partial charge in [-0.1, -0.05) is 34.4 Å². The molecule has 9 heteroatoms. The molecule has 2 rings (SSSR count). The van der Waals surface area contributed by atoms with Gasteiger partial charge in [0, 0.05) is 18.6 Å². The van der Waals surface area contributed by atoms with Crippen LogP contribution in [-0.2, 0) is 11.3 Å². The SMILES string of the molecule is N/C(Cc1ccc(Cl)c(Cl)c1)=N\OC(=O)c1ccc([N+](=O)[O-])cc1. The van der Waals surface area contributed by atoms with Crippen molar-refractivity contribution in [2.45, 2.75) is 6.42 Å². The lowest BCUT2D eigenvalue weighted by atomic mass is 10.1. The number of benzene rings is 2. The number of carbonyl (C=O) groups is 1. The molecule has 2 aromatic carbocycles. The van der Waals surface area contributed by atoms with Gasteiger partial charge in [-0.25, -0.2) is 4.79 Å². The van der Waals surface area contributed by atoms with Crippen LogP contribution in [0, 0.1) is 10.1 Å². The fourth-order valence-electron chi connectivity index (χ4n) is 1.76. The van der Waals surface area contributed by atoms with Crippen LogP contribution in [0.1, 0.15) is 15.9 Å². The van der Waals surface area contributed by atoms with E-state index in [-0.39, 0.29) is 23.5 Å². The van der Waals surface area contributed by atoms with Crippen LogP contribution >= 0.6 is 23.2 Å². The Kier molecular flexibility index (Phi) is 5.73. The van der Waals surface area contributed by atoms with E-state index in [9.17, 15) is 14.9 Å². The average molecular weight is 368 g/mol. The third-order valence-corrected chi connectivity index (χ3v) is 3.67. The number of nitro groups is 1. The van der Waals surface area contributed by atoms with E-state index in [1.54, 1.807) is 18.2 Å². The van der Waals surface area contributed by atoms with Crippen molar-refractivity contribution in [2.24, 2.45) is 10.9 Å². The summed E-state index contributed by atoms with van der Waals surface area (Å²) in [5, 5.41) is 14.9. The molecule has 0 fully saturated rings. The Labute approximate surface area is 146 Å². The van der Waals surface area contributed by atoms with E-state index in [1.165, 1.54) is 24.3 Å². The number of carbonyl (C=O) groups excluding carboxylic acids is 1. The van der Waals surface area contributed by atoms with Crippen molar-refractivity contribution in [1.82, 2.24) is 0 Å². The number of amidine groups is 1. The van der Waals surface area contributed by atoms with Gasteiger partial charge in [0.2, 0.25) is 0 Å². The summed E-state index contributed by atoms with van der Waals surface area (Å²) < 4.78 is 0. The zero-order valence-corrected chi connectivity index (χ0v) is 13.6. The van der Waals surface area contributed by atoms with Gasteiger partial charge in [0.15, 0.2) is 0 Å². The van der Waals surface area contributed by atoms with E-state index in [1.807, 2.05) is 0 Å². The number of oxime groups is 1. The van der Waals surface area contributed by atoms with Crippen LogP contribution in [-0.4, -0.2) is 16.7 Å². The maximum atomic E-state index is 11.8.